The summed E-state index contributed by atoms with van der Waals surface area (Å²) in [6.45, 7) is 11.0. The predicted molar refractivity (Wildman–Crippen MR) is 98.2 cm³/mol. The van der Waals surface area contributed by atoms with Gasteiger partial charge in [0.1, 0.15) is 0 Å². The van der Waals surface area contributed by atoms with E-state index in [9.17, 15) is 4.79 Å². The second-order valence-corrected chi connectivity index (χ2v) is 6.89. The fourth-order valence-corrected chi connectivity index (χ4v) is 3.04. The van der Waals surface area contributed by atoms with Crippen molar-refractivity contribution in [2.24, 2.45) is 0 Å². The first-order valence-electron chi connectivity index (χ1n) is 9.89. The van der Waals surface area contributed by atoms with Crippen molar-refractivity contribution in [3.05, 3.63) is 0 Å². The van der Waals surface area contributed by atoms with Gasteiger partial charge in [0.05, 0.1) is 0 Å². The second kappa shape index (κ2) is 14.1. The summed E-state index contributed by atoms with van der Waals surface area (Å²) in [4.78, 5) is 14.6. The molecule has 0 spiro atoms. The molecule has 2 atom stereocenters. The number of rotatable bonds is 14. The van der Waals surface area contributed by atoms with Gasteiger partial charge in [-0.05, 0) is 33.1 Å². The zero-order valence-electron chi connectivity index (χ0n) is 16.0. The highest BCUT2D eigenvalue weighted by Crippen LogP contribution is 2.16. The van der Waals surface area contributed by atoms with Gasteiger partial charge >= 0.3 is 0 Å². The lowest BCUT2D eigenvalue weighted by molar-refractivity contribution is -0.135. The Morgan fingerprint density at radius 3 is 1.55 bits per heavy atom. The summed E-state index contributed by atoms with van der Waals surface area (Å²) in [5.74, 6) is 0.367. The smallest absolute Gasteiger partial charge is 0.223 e. The van der Waals surface area contributed by atoms with Crippen LogP contribution in [-0.2, 0) is 4.79 Å². The molecule has 0 radical (unpaired) electrons. The molecule has 0 aromatic carbocycles. The van der Waals surface area contributed by atoms with Crippen LogP contribution in [0.4, 0.5) is 0 Å². The van der Waals surface area contributed by atoms with Crippen molar-refractivity contribution in [1.82, 2.24) is 4.90 Å². The van der Waals surface area contributed by atoms with Gasteiger partial charge in [0.25, 0.3) is 0 Å². The zero-order valence-corrected chi connectivity index (χ0v) is 16.0. The average molecular weight is 312 g/mol. The van der Waals surface area contributed by atoms with E-state index >= 15 is 0 Å². The molecule has 0 N–H and O–H groups in total. The molecule has 2 nitrogen and oxygen atoms in total. The van der Waals surface area contributed by atoms with Crippen LogP contribution in [0.3, 0.4) is 0 Å². The minimum absolute atomic E-state index is 0.367. The largest absolute Gasteiger partial charge is 0.337 e. The van der Waals surface area contributed by atoms with E-state index in [0.29, 0.717) is 18.0 Å². The lowest BCUT2D eigenvalue weighted by Gasteiger charge is -2.34. The van der Waals surface area contributed by atoms with Crippen molar-refractivity contribution >= 4 is 5.91 Å². The highest BCUT2D eigenvalue weighted by molar-refractivity contribution is 5.76. The molecule has 2 unspecified atom stereocenters. The minimum Gasteiger partial charge on any atom is -0.337 e. The summed E-state index contributed by atoms with van der Waals surface area (Å²) in [7, 11) is 0. The molecule has 0 heterocycles. The Kier molecular flexibility index (Phi) is 13.7. The van der Waals surface area contributed by atoms with Gasteiger partial charge in [-0.2, -0.15) is 0 Å². The van der Waals surface area contributed by atoms with E-state index in [1.165, 1.54) is 51.4 Å². The van der Waals surface area contributed by atoms with E-state index < -0.39 is 0 Å². The Morgan fingerprint density at radius 2 is 1.14 bits per heavy atom. The average Bonchev–Trinajstić information content (AvgIpc) is 2.52. The fraction of sp³-hybridized carbons (Fsp3) is 0.950. The van der Waals surface area contributed by atoms with Crippen LogP contribution in [0.15, 0.2) is 0 Å². The summed E-state index contributed by atoms with van der Waals surface area (Å²) in [5, 5.41) is 0. The SMILES string of the molecule is CCCCCCCCCCCC(=O)N(C(C)CC)C(C)CC. The first kappa shape index (κ1) is 21.5. The Hall–Kier alpha value is -0.530. The maximum atomic E-state index is 12.5. The van der Waals surface area contributed by atoms with Gasteiger partial charge < -0.3 is 4.90 Å². The van der Waals surface area contributed by atoms with E-state index in [1.807, 2.05) is 0 Å². The first-order valence-corrected chi connectivity index (χ1v) is 9.89. The molecule has 132 valence electrons. The summed E-state index contributed by atoms with van der Waals surface area (Å²) in [5.41, 5.74) is 0. The van der Waals surface area contributed by atoms with Gasteiger partial charge in [-0.25, -0.2) is 0 Å². The van der Waals surface area contributed by atoms with E-state index in [2.05, 4.69) is 39.5 Å². The molecule has 22 heavy (non-hydrogen) atoms. The van der Waals surface area contributed by atoms with Crippen molar-refractivity contribution < 1.29 is 4.79 Å². The molecule has 0 aromatic heterocycles. The number of hydrogen-bond donors (Lipinski definition) is 0. The third-order valence-electron chi connectivity index (χ3n) is 4.91. The van der Waals surface area contributed by atoms with Crippen molar-refractivity contribution in [2.45, 2.75) is 124 Å². The standard InChI is InChI=1S/C20H41NO/c1-6-9-10-11-12-13-14-15-16-17-20(22)21(18(4)7-2)19(5)8-3/h18-19H,6-17H2,1-5H3. The quantitative estimate of drug-likeness (QED) is 0.343. The molecule has 0 rings (SSSR count). The van der Waals surface area contributed by atoms with Gasteiger partial charge in [0.2, 0.25) is 5.91 Å². The maximum absolute atomic E-state index is 12.5. The van der Waals surface area contributed by atoms with Crippen LogP contribution in [0.5, 0.6) is 0 Å². The molecule has 0 saturated carbocycles. The van der Waals surface area contributed by atoms with Gasteiger partial charge in [-0.3, -0.25) is 4.79 Å². The van der Waals surface area contributed by atoms with Crippen LogP contribution < -0.4 is 0 Å². The molecule has 0 bridgehead atoms. The molecule has 0 aliphatic heterocycles. The third kappa shape index (κ3) is 9.48. The summed E-state index contributed by atoms with van der Waals surface area (Å²) in [6.07, 6.45) is 14.6. The molecule has 0 saturated heterocycles. The number of nitrogens with zero attached hydrogens (tertiary/aromatic N) is 1. The number of unbranched alkanes of at least 4 members (excludes halogenated alkanes) is 8. The molecule has 2 heteroatoms. The highest BCUT2D eigenvalue weighted by atomic mass is 16.2. The summed E-state index contributed by atoms with van der Waals surface area (Å²) >= 11 is 0. The van der Waals surface area contributed by atoms with E-state index in [1.54, 1.807) is 0 Å². The normalized spacial score (nSPS) is 13.9. The second-order valence-electron chi connectivity index (χ2n) is 6.89. The Morgan fingerprint density at radius 1 is 0.727 bits per heavy atom. The molecule has 0 fully saturated rings. The number of amides is 1. The summed E-state index contributed by atoms with van der Waals surface area (Å²) in [6, 6.07) is 0.752. The Bertz CT molecular complexity index is 254. The third-order valence-corrected chi connectivity index (χ3v) is 4.91. The zero-order chi connectivity index (χ0) is 16.8. The Balaban J connectivity index is 3.81. The van der Waals surface area contributed by atoms with E-state index in [0.717, 1.165) is 25.7 Å². The van der Waals surface area contributed by atoms with Crippen molar-refractivity contribution in [2.75, 3.05) is 0 Å². The van der Waals surface area contributed by atoms with Crippen molar-refractivity contribution in [1.29, 1.82) is 0 Å². The predicted octanol–water partition coefficient (Wildman–Crippen LogP) is 6.33. The molecule has 0 aliphatic rings. The van der Waals surface area contributed by atoms with Crippen molar-refractivity contribution in [3.63, 3.8) is 0 Å². The molecule has 0 aliphatic carbocycles. The number of carbonyl (C=O) groups is 1. The summed E-state index contributed by atoms with van der Waals surface area (Å²) < 4.78 is 0. The van der Waals surface area contributed by atoms with Crippen LogP contribution in [-0.4, -0.2) is 22.9 Å². The van der Waals surface area contributed by atoms with Crippen molar-refractivity contribution in [3.8, 4) is 0 Å². The lowest BCUT2D eigenvalue weighted by Crippen LogP contribution is -2.44. The lowest BCUT2D eigenvalue weighted by atomic mass is 10.0. The van der Waals surface area contributed by atoms with Gasteiger partial charge in [0, 0.05) is 18.5 Å². The molecule has 0 aromatic rings. The molecular weight excluding hydrogens is 270 g/mol. The fourth-order valence-electron chi connectivity index (χ4n) is 3.04. The Labute approximate surface area is 140 Å². The molecular formula is C20H41NO. The van der Waals surface area contributed by atoms with E-state index in [-0.39, 0.29) is 0 Å². The number of hydrogen-bond acceptors (Lipinski definition) is 1. The molecule has 1 amide bonds. The van der Waals surface area contributed by atoms with Gasteiger partial charge in [0.15, 0.2) is 0 Å². The van der Waals surface area contributed by atoms with E-state index in [4.69, 9.17) is 0 Å². The van der Waals surface area contributed by atoms with Crippen LogP contribution in [0.25, 0.3) is 0 Å². The highest BCUT2D eigenvalue weighted by Gasteiger charge is 2.22. The first-order chi connectivity index (χ1) is 10.6. The topological polar surface area (TPSA) is 20.3 Å². The minimum atomic E-state index is 0.367. The van der Waals surface area contributed by atoms with Crippen LogP contribution >= 0.6 is 0 Å². The van der Waals surface area contributed by atoms with Gasteiger partial charge in [-0.15, -0.1) is 0 Å². The monoisotopic (exact) mass is 311 g/mol. The van der Waals surface area contributed by atoms with Gasteiger partial charge in [-0.1, -0.05) is 72.1 Å². The number of carbonyl (C=O) groups excluding carboxylic acids is 1. The van der Waals surface area contributed by atoms with Crippen LogP contribution in [0.1, 0.15) is 112 Å². The van der Waals surface area contributed by atoms with Crippen LogP contribution in [0, 0.1) is 0 Å². The maximum Gasteiger partial charge on any atom is 0.223 e. The van der Waals surface area contributed by atoms with Crippen LogP contribution in [0.2, 0.25) is 0 Å².